The number of halogens is 2. The Balaban J connectivity index is 2.20. The van der Waals surface area contributed by atoms with Gasteiger partial charge in [0.1, 0.15) is 5.82 Å². The van der Waals surface area contributed by atoms with Gasteiger partial charge in [0.2, 0.25) is 0 Å². The zero-order valence-electron chi connectivity index (χ0n) is 15.0. The minimum atomic E-state index is 0.573. The first kappa shape index (κ1) is 20.6. The molecule has 26 heavy (non-hydrogen) atoms. The maximum atomic E-state index is 6.50. The normalized spacial score (nSPS) is 11.3. The van der Waals surface area contributed by atoms with Crippen LogP contribution < -0.4 is 15.4 Å². The molecule has 7 heteroatoms. The Morgan fingerprint density at radius 3 is 2.31 bits per heavy atom. The van der Waals surface area contributed by atoms with Gasteiger partial charge in [-0.3, -0.25) is 9.71 Å². The molecule has 0 aliphatic carbocycles. The second-order valence-corrected chi connectivity index (χ2v) is 7.09. The van der Waals surface area contributed by atoms with E-state index >= 15 is 0 Å². The lowest BCUT2D eigenvalue weighted by molar-refractivity contribution is 0.980. The van der Waals surface area contributed by atoms with E-state index < -0.39 is 0 Å². The lowest BCUT2D eigenvalue weighted by Gasteiger charge is -2.15. The van der Waals surface area contributed by atoms with Gasteiger partial charge in [0, 0.05) is 24.8 Å². The number of nitrogens with one attached hydrogen (secondary N) is 3. The third-order valence-electron chi connectivity index (χ3n) is 3.67. The summed E-state index contributed by atoms with van der Waals surface area (Å²) < 4.78 is 3.22. The van der Waals surface area contributed by atoms with E-state index in [0.29, 0.717) is 15.9 Å². The summed E-state index contributed by atoms with van der Waals surface area (Å²) in [5, 5.41) is 7.32. The molecule has 0 saturated heterocycles. The summed E-state index contributed by atoms with van der Waals surface area (Å²) in [6.45, 7) is 6.58. The van der Waals surface area contributed by atoms with Crippen LogP contribution in [0.3, 0.4) is 0 Å². The van der Waals surface area contributed by atoms with Crippen LogP contribution in [-0.4, -0.2) is 19.1 Å². The fourth-order valence-electron chi connectivity index (χ4n) is 2.35. The molecule has 0 atom stereocenters. The molecule has 0 radical (unpaired) electrons. The SMILES string of the molecule is C=C(NC(C)=NC)Nc1cc(Cl)c(-c2ccc(CNSC)cc2)c(Cl)c1. The van der Waals surface area contributed by atoms with Gasteiger partial charge in [-0.2, -0.15) is 0 Å². The van der Waals surface area contributed by atoms with Crippen molar-refractivity contribution in [1.29, 1.82) is 0 Å². The van der Waals surface area contributed by atoms with Gasteiger partial charge in [0.25, 0.3) is 0 Å². The summed E-state index contributed by atoms with van der Waals surface area (Å²) in [7, 11) is 1.71. The lowest BCUT2D eigenvalue weighted by atomic mass is 10.0. The maximum absolute atomic E-state index is 6.50. The fourth-order valence-corrected chi connectivity index (χ4v) is 3.36. The van der Waals surface area contributed by atoms with Crippen LogP contribution in [-0.2, 0) is 6.54 Å². The van der Waals surface area contributed by atoms with Gasteiger partial charge in [-0.25, -0.2) is 0 Å². The van der Waals surface area contributed by atoms with E-state index in [1.54, 1.807) is 19.0 Å². The molecule has 2 aromatic rings. The van der Waals surface area contributed by atoms with E-state index in [-0.39, 0.29) is 0 Å². The number of hydrogen-bond donors (Lipinski definition) is 3. The van der Waals surface area contributed by atoms with Crippen LogP contribution in [0.15, 0.2) is 53.8 Å². The molecule has 0 bridgehead atoms. The summed E-state index contributed by atoms with van der Waals surface area (Å²) >= 11 is 14.6. The van der Waals surface area contributed by atoms with Crippen molar-refractivity contribution in [3.8, 4) is 11.1 Å². The molecule has 0 aliphatic rings. The first-order valence-corrected chi connectivity index (χ1v) is 9.93. The third kappa shape index (κ3) is 5.68. The van der Waals surface area contributed by atoms with Gasteiger partial charge >= 0.3 is 0 Å². The molecule has 0 fully saturated rings. The Hall–Kier alpha value is -1.66. The Morgan fingerprint density at radius 1 is 1.15 bits per heavy atom. The van der Waals surface area contributed by atoms with E-state index in [2.05, 4.69) is 39.1 Å². The molecule has 0 spiro atoms. The van der Waals surface area contributed by atoms with Crippen LogP contribution in [0.2, 0.25) is 10.0 Å². The Morgan fingerprint density at radius 2 is 1.77 bits per heavy atom. The number of anilines is 1. The zero-order chi connectivity index (χ0) is 19.1. The van der Waals surface area contributed by atoms with Gasteiger partial charge in [-0.15, -0.1) is 0 Å². The standard InChI is InChI=1S/C19H22Cl2N4S/c1-12(22-3)24-13(2)25-16-9-17(20)19(18(21)10-16)15-7-5-14(6-8-15)11-23-26-4/h5-10,23,25H,2,11H2,1,3-4H3,(H,22,24). The fraction of sp³-hybridized carbons (Fsp3) is 0.211. The third-order valence-corrected chi connectivity index (χ3v) is 4.70. The highest BCUT2D eigenvalue weighted by molar-refractivity contribution is 7.96. The second-order valence-electron chi connectivity index (χ2n) is 5.57. The Bertz CT molecular complexity index is 781. The minimum Gasteiger partial charge on any atom is -0.342 e. The van der Waals surface area contributed by atoms with Crippen molar-refractivity contribution in [2.45, 2.75) is 13.5 Å². The zero-order valence-corrected chi connectivity index (χ0v) is 17.3. The maximum Gasteiger partial charge on any atom is 0.101 e. The van der Waals surface area contributed by atoms with Crippen LogP contribution in [0.1, 0.15) is 12.5 Å². The highest BCUT2D eigenvalue weighted by atomic mass is 35.5. The molecule has 3 N–H and O–H groups in total. The van der Waals surface area contributed by atoms with Crippen molar-refractivity contribution in [2.24, 2.45) is 4.99 Å². The predicted molar refractivity (Wildman–Crippen MR) is 117 cm³/mol. The molecule has 0 heterocycles. The smallest absolute Gasteiger partial charge is 0.101 e. The van der Waals surface area contributed by atoms with Gasteiger partial charge in [-0.1, -0.05) is 66.0 Å². The predicted octanol–water partition coefficient (Wildman–Crippen LogP) is 5.55. The summed E-state index contributed by atoms with van der Waals surface area (Å²) in [6, 6.07) is 11.8. The largest absolute Gasteiger partial charge is 0.342 e. The van der Waals surface area contributed by atoms with Crippen molar-refractivity contribution < 1.29 is 0 Å². The Kier molecular flexibility index (Phi) is 7.85. The van der Waals surface area contributed by atoms with Crippen molar-refractivity contribution >= 4 is 46.7 Å². The first-order valence-electron chi connectivity index (χ1n) is 7.95. The molecule has 2 aromatic carbocycles. The van der Waals surface area contributed by atoms with Crippen LogP contribution in [0.5, 0.6) is 0 Å². The van der Waals surface area contributed by atoms with Crippen molar-refractivity contribution in [2.75, 3.05) is 18.6 Å². The van der Waals surface area contributed by atoms with Crippen LogP contribution in [0.25, 0.3) is 11.1 Å². The van der Waals surface area contributed by atoms with E-state index in [1.165, 1.54) is 5.56 Å². The van der Waals surface area contributed by atoms with Crippen LogP contribution in [0.4, 0.5) is 5.69 Å². The van der Waals surface area contributed by atoms with Crippen molar-refractivity contribution in [1.82, 2.24) is 10.0 Å². The first-order chi connectivity index (χ1) is 12.4. The van der Waals surface area contributed by atoms with E-state index in [0.717, 1.165) is 29.2 Å². The van der Waals surface area contributed by atoms with Gasteiger partial charge in [0.05, 0.1) is 15.9 Å². The van der Waals surface area contributed by atoms with Gasteiger partial charge in [-0.05, 0) is 36.4 Å². The summed E-state index contributed by atoms with van der Waals surface area (Å²) in [5.74, 6) is 1.35. The number of amidine groups is 1. The Labute approximate surface area is 169 Å². The molecule has 138 valence electrons. The van der Waals surface area contributed by atoms with E-state index in [9.17, 15) is 0 Å². The van der Waals surface area contributed by atoms with E-state index in [1.807, 2.05) is 37.4 Å². The topological polar surface area (TPSA) is 48.5 Å². The molecule has 0 aliphatic heterocycles. The summed E-state index contributed by atoms with van der Waals surface area (Å²) in [5.41, 5.74) is 3.74. The summed E-state index contributed by atoms with van der Waals surface area (Å²) in [4.78, 5) is 4.03. The summed E-state index contributed by atoms with van der Waals surface area (Å²) in [6.07, 6.45) is 2.00. The number of nitrogens with zero attached hydrogens (tertiary/aromatic N) is 1. The van der Waals surface area contributed by atoms with E-state index in [4.69, 9.17) is 23.2 Å². The monoisotopic (exact) mass is 408 g/mol. The highest BCUT2D eigenvalue weighted by Crippen LogP contribution is 2.37. The quantitative estimate of drug-likeness (QED) is 0.319. The van der Waals surface area contributed by atoms with Gasteiger partial charge < -0.3 is 10.6 Å². The van der Waals surface area contributed by atoms with Crippen molar-refractivity contribution in [3.63, 3.8) is 0 Å². The molecular formula is C19H22Cl2N4S. The second kappa shape index (κ2) is 9.88. The molecule has 0 unspecified atom stereocenters. The number of benzene rings is 2. The lowest BCUT2D eigenvalue weighted by Crippen LogP contribution is -2.23. The van der Waals surface area contributed by atoms with Crippen LogP contribution in [0, 0.1) is 0 Å². The number of rotatable bonds is 7. The molecule has 0 amide bonds. The molecule has 2 rings (SSSR count). The van der Waals surface area contributed by atoms with Crippen molar-refractivity contribution in [3.05, 3.63) is 64.4 Å². The average Bonchev–Trinajstić information content (AvgIpc) is 2.60. The minimum absolute atomic E-state index is 0.573. The molecule has 0 saturated carbocycles. The number of hydrogen-bond acceptors (Lipinski definition) is 4. The molecule has 4 nitrogen and oxygen atoms in total. The highest BCUT2D eigenvalue weighted by Gasteiger charge is 2.11. The molecular weight excluding hydrogens is 387 g/mol. The molecule has 0 aromatic heterocycles. The van der Waals surface area contributed by atoms with Gasteiger partial charge in [0.15, 0.2) is 0 Å². The average molecular weight is 409 g/mol. The van der Waals surface area contributed by atoms with Crippen LogP contribution >= 0.6 is 35.1 Å². The number of aliphatic imine (C=N–C) groups is 1.